The van der Waals surface area contributed by atoms with Gasteiger partial charge in [-0.15, -0.1) is 0 Å². The van der Waals surface area contributed by atoms with E-state index in [0.29, 0.717) is 24.8 Å². The smallest absolute Gasteiger partial charge is 0.226 e. The van der Waals surface area contributed by atoms with Crippen LogP contribution in [-0.2, 0) is 4.79 Å². The first-order valence-corrected chi connectivity index (χ1v) is 9.95. The summed E-state index contributed by atoms with van der Waals surface area (Å²) in [5, 5.41) is 9.28. The lowest BCUT2D eigenvalue weighted by Gasteiger charge is -2.38. The third-order valence-corrected chi connectivity index (χ3v) is 5.65. The molecule has 1 aliphatic rings. The molecular formula is C23H30N2O3. The summed E-state index contributed by atoms with van der Waals surface area (Å²) in [6.45, 7) is 10.2. The Morgan fingerprint density at radius 3 is 2.36 bits per heavy atom. The van der Waals surface area contributed by atoms with Crippen molar-refractivity contribution in [3.05, 3.63) is 59.2 Å². The molecule has 1 saturated heterocycles. The van der Waals surface area contributed by atoms with Gasteiger partial charge in [-0.3, -0.25) is 9.69 Å². The highest BCUT2D eigenvalue weighted by Gasteiger charge is 2.24. The number of rotatable bonds is 6. The van der Waals surface area contributed by atoms with Crippen molar-refractivity contribution in [2.75, 3.05) is 32.8 Å². The lowest BCUT2D eigenvalue weighted by atomic mass is 10.0. The molecule has 1 atom stereocenters. The maximum Gasteiger partial charge on any atom is 0.226 e. The van der Waals surface area contributed by atoms with Crippen molar-refractivity contribution < 1.29 is 14.6 Å². The van der Waals surface area contributed by atoms with E-state index in [1.165, 1.54) is 16.7 Å². The van der Waals surface area contributed by atoms with Gasteiger partial charge in [-0.05, 0) is 61.7 Å². The summed E-state index contributed by atoms with van der Waals surface area (Å²) in [5.41, 5.74) is 3.98. The third-order valence-electron chi connectivity index (χ3n) is 5.65. The standard InChI is InChI=1S/C23H30N2O3/c1-17-4-5-20(16-18(17)2)19(3)24-11-13-25(14-12-24)23(27)10-15-28-22-8-6-21(26)7-9-22/h4-9,16,19,26H,10-15H2,1-3H3. The Morgan fingerprint density at radius 1 is 1.04 bits per heavy atom. The number of phenolic OH excluding ortho intramolecular Hbond substituents is 1. The summed E-state index contributed by atoms with van der Waals surface area (Å²) in [6.07, 6.45) is 0.369. The molecule has 0 radical (unpaired) electrons. The van der Waals surface area contributed by atoms with Crippen LogP contribution < -0.4 is 4.74 Å². The molecule has 2 aromatic rings. The molecule has 0 saturated carbocycles. The van der Waals surface area contributed by atoms with Crippen LogP contribution in [0.3, 0.4) is 0 Å². The highest BCUT2D eigenvalue weighted by Crippen LogP contribution is 2.24. The number of ether oxygens (including phenoxy) is 1. The van der Waals surface area contributed by atoms with Gasteiger partial charge in [0.15, 0.2) is 0 Å². The zero-order chi connectivity index (χ0) is 20.1. The molecule has 150 valence electrons. The number of piperazine rings is 1. The fraction of sp³-hybridized carbons (Fsp3) is 0.435. The van der Waals surface area contributed by atoms with Gasteiger partial charge >= 0.3 is 0 Å². The van der Waals surface area contributed by atoms with E-state index >= 15 is 0 Å². The van der Waals surface area contributed by atoms with E-state index in [4.69, 9.17) is 4.74 Å². The number of carbonyl (C=O) groups is 1. The molecule has 28 heavy (non-hydrogen) atoms. The Balaban J connectivity index is 1.44. The number of amides is 1. The van der Waals surface area contributed by atoms with E-state index in [-0.39, 0.29) is 11.7 Å². The van der Waals surface area contributed by atoms with Gasteiger partial charge in [0.2, 0.25) is 5.91 Å². The second-order valence-corrected chi connectivity index (χ2v) is 7.53. The Hall–Kier alpha value is -2.53. The molecule has 1 amide bonds. The quantitative estimate of drug-likeness (QED) is 0.828. The van der Waals surface area contributed by atoms with Crippen LogP contribution in [0.15, 0.2) is 42.5 Å². The molecular weight excluding hydrogens is 352 g/mol. The van der Waals surface area contributed by atoms with Gasteiger partial charge in [-0.25, -0.2) is 0 Å². The van der Waals surface area contributed by atoms with Crippen LogP contribution in [0.1, 0.15) is 36.1 Å². The number of phenols is 1. The lowest BCUT2D eigenvalue weighted by Crippen LogP contribution is -2.49. The largest absolute Gasteiger partial charge is 0.508 e. The minimum absolute atomic E-state index is 0.136. The minimum Gasteiger partial charge on any atom is -0.508 e. The highest BCUT2D eigenvalue weighted by atomic mass is 16.5. The Bertz CT molecular complexity index is 796. The first-order chi connectivity index (χ1) is 13.4. The van der Waals surface area contributed by atoms with Gasteiger partial charge in [-0.1, -0.05) is 18.2 Å². The van der Waals surface area contributed by atoms with Crippen molar-refractivity contribution in [3.8, 4) is 11.5 Å². The average molecular weight is 383 g/mol. The van der Waals surface area contributed by atoms with Crippen molar-refractivity contribution in [2.24, 2.45) is 0 Å². The third kappa shape index (κ3) is 5.04. The first kappa shape index (κ1) is 20.2. The molecule has 1 N–H and O–H groups in total. The maximum absolute atomic E-state index is 12.5. The van der Waals surface area contributed by atoms with E-state index in [2.05, 4.69) is 43.9 Å². The molecule has 5 nitrogen and oxygen atoms in total. The molecule has 5 heteroatoms. The fourth-order valence-electron chi connectivity index (χ4n) is 3.55. The predicted octanol–water partition coefficient (Wildman–Crippen LogP) is 3.68. The number of hydrogen-bond acceptors (Lipinski definition) is 4. The normalized spacial score (nSPS) is 16.0. The van der Waals surface area contributed by atoms with E-state index in [9.17, 15) is 9.90 Å². The number of carbonyl (C=O) groups excluding carboxylic acids is 1. The zero-order valence-electron chi connectivity index (χ0n) is 17.0. The van der Waals surface area contributed by atoms with Crippen LogP contribution in [0.5, 0.6) is 11.5 Å². The molecule has 1 aliphatic heterocycles. The second kappa shape index (κ2) is 9.11. The summed E-state index contributed by atoms with van der Waals surface area (Å²) in [4.78, 5) is 16.8. The molecule has 2 aromatic carbocycles. The number of aromatic hydroxyl groups is 1. The molecule has 0 spiro atoms. The Morgan fingerprint density at radius 2 is 1.71 bits per heavy atom. The van der Waals surface area contributed by atoms with Gasteiger partial charge < -0.3 is 14.7 Å². The van der Waals surface area contributed by atoms with Gasteiger partial charge in [0, 0.05) is 32.2 Å². The van der Waals surface area contributed by atoms with Crippen molar-refractivity contribution in [1.29, 1.82) is 0 Å². The first-order valence-electron chi connectivity index (χ1n) is 9.95. The van der Waals surface area contributed by atoms with Crippen molar-refractivity contribution in [3.63, 3.8) is 0 Å². The average Bonchev–Trinajstić information content (AvgIpc) is 2.71. The Labute approximate surface area is 167 Å². The summed E-state index contributed by atoms with van der Waals surface area (Å²) in [5.74, 6) is 1.01. The van der Waals surface area contributed by atoms with Crippen LogP contribution in [-0.4, -0.2) is 53.6 Å². The minimum atomic E-state index is 0.136. The van der Waals surface area contributed by atoms with Crippen molar-refractivity contribution in [1.82, 2.24) is 9.80 Å². The van der Waals surface area contributed by atoms with Crippen LogP contribution >= 0.6 is 0 Å². The number of hydrogen-bond donors (Lipinski definition) is 1. The molecule has 1 fully saturated rings. The van der Waals surface area contributed by atoms with Crippen LogP contribution in [0.25, 0.3) is 0 Å². The van der Waals surface area contributed by atoms with Crippen molar-refractivity contribution in [2.45, 2.75) is 33.2 Å². The van der Waals surface area contributed by atoms with Crippen molar-refractivity contribution >= 4 is 5.91 Å². The summed E-state index contributed by atoms with van der Waals surface area (Å²) in [7, 11) is 0. The molecule has 0 bridgehead atoms. The number of benzene rings is 2. The van der Waals surface area contributed by atoms with E-state index in [1.807, 2.05) is 4.90 Å². The van der Waals surface area contributed by atoms with Gasteiger partial charge in [-0.2, -0.15) is 0 Å². The maximum atomic E-state index is 12.5. The monoisotopic (exact) mass is 382 g/mol. The SMILES string of the molecule is Cc1ccc(C(C)N2CCN(C(=O)CCOc3ccc(O)cc3)CC2)cc1C. The fourth-order valence-corrected chi connectivity index (χ4v) is 3.55. The molecule has 3 rings (SSSR count). The van der Waals surface area contributed by atoms with E-state index in [1.54, 1.807) is 24.3 Å². The van der Waals surface area contributed by atoms with Gasteiger partial charge in [0.25, 0.3) is 0 Å². The van der Waals surface area contributed by atoms with Crippen LogP contribution in [0.2, 0.25) is 0 Å². The predicted molar refractivity (Wildman–Crippen MR) is 111 cm³/mol. The number of aryl methyl sites for hydroxylation is 2. The molecule has 1 unspecified atom stereocenters. The molecule has 0 aromatic heterocycles. The Kier molecular flexibility index (Phi) is 6.57. The summed E-state index contributed by atoms with van der Waals surface area (Å²) >= 11 is 0. The molecule has 0 aliphatic carbocycles. The van der Waals surface area contributed by atoms with E-state index in [0.717, 1.165) is 26.2 Å². The summed E-state index contributed by atoms with van der Waals surface area (Å²) in [6, 6.07) is 13.6. The second-order valence-electron chi connectivity index (χ2n) is 7.53. The van der Waals surface area contributed by atoms with Gasteiger partial charge in [0.05, 0.1) is 13.0 Å². The topological polar surface area (TPSA) is 53.0 Å². The number of nitrogens with zero attached hydrogens (tertiary/aromatic N) is 2. The van der Waals surface area contributed by atoms with Crippen LogP contribution in [0, 0.1) is 13.8 Å². The van der Waals surface area contributed by atoms with Crippen LogP contribution in [0.4, 0.5) is 0 Å². The molecule has 1 heterocycles. The zero-order valence-corrected chi connectivity index (χ0v) is 17.0. The van der Waals surface area contributed by atoms with Gasteiger partial charge in [0.1, 0.15) is 11.5 Å². The highest BCUT2D eigenvalue weighted by molar-refractivity contribution is 5.76. The lowest BCUT2D eigenvalue weighted by molar-refractivity contribution is -0.133. The van der Waals surface area contributed by atoms with E-state index < -0.39 is 0 Å². The summed E-state index contributed by atoms with van der Waals surface area (Å²) < 4.78 is 5.59.